The van der Waals surface area contributed by atoms with Crippen molar-refractivity contribution in [3.8, 4) is 5.75 Å². The minimum atomic E-state index is -0.170. The summed E-state index contributed by atoms with van der Waals surface area (Å²) in [5.41, 5.74) is 3.29. The Hall–Kier alpha value is -2.73. The third kappa shape index (κ3) is 4.67. The summed E-state index contributed by atoms with van der Waals surface area (Å²) < 4.78 is 7.63. The fourth-order valence-corrected chi connectivity index (χ4v) is 5.50. The van der Waals surface area contributed by atoms with Crippen LogP contribution in [0.15, 0.2) is 42.6 Å². The highest BCUT2D eigenvalue weighted by Crippen LogP contribution is 2.38. The van der Waals surface area contributed by atoms with E-state index in [0.717, 1.165) is 28.9 Å². The minimum absolute atomic E-state index is 0.170. The molecule has 7 heteroatoms. The lowest BCUT2D eigenvalue weighted by molar-refractivity contribution is 0.0940. The highest BCUT2D eigenvalue weighted by molar-refractivity contribution is 6.30. The van der Waals surface area contributed by atoms with Gasteiger partial charge in [0.25, 0.3) is 5.91 Å². The average Bonchev–Trinajstić information content (AvgIpc) is 3.43. The molecule has 6 nitrogen and oxygen atoms in total. The quantitative estimate of drug-likeness (QED) is 0.498. The van der Waals surface area contributed by atoms with E-state index in [4.69, 9.17) is 16.3 Å². The van der Waals surface area contributed by atoms with Gasteiger partial charge in [-0.25, -0.2) is 4.98 Å². The predicted octanol–water partition coefficient (Wildman–Crippen LogP) is 4.99. The van der Waals surface area contributed by atoms with Gasteiger partial charge in [0.15, 0.2) is 0 Å². The smallest absolute Gasteiger partial charge is 0.270 e. The molecule has 3 aromatic rings. The number of halogens is 1. The van der Waals surface area contributed by atoms with E-state index in [1.54, 1.807) is 16.7 Å². The number of anilines is 1. The van der Waals surface area contributed by atoms with Crippen LogP contribution in [0.4, 0.5) is 5.69 Å². The average molecular weight is 467 g/mol. The minimum Gasteiger partial charge on any atom is -0.492 e. The molecular weight excluding hydrogens is 436 g/mol. The van der Waals surface area contributed by atoms with Crippen LogP contribution in [0.2, 0.25) is 5.02 Å². The number of benzene rings is 1. The van der Waals surface area contributed by atoms with Crippen LogP contribution in [-0.2, 0) is 6.42 Å². The molecule has 5 rings (SSSR count). The molecule has 174 valence electrons. The number of aryl methyl sites for hydroxylation is 1. The molecule has 1 aliphatic heterocycles. The van der Waals surface area contributed by atoms with Gasteiger partial charge < -0.3 is 15.0 Å². The summed E-state index contributed by atoms with van der Waals surface area (Å²) in [5.74, 6) is 2.39. The van der Waals surface area contributed by atoms with Crippen molar-refractivity contribution < 1.29 is 9.53 Å². The second kappa shape index (κ2) is 9.64. The van der Waals surface area contributed by atoms with Gasteiger partial charge in [0.2, 0.25) is 0 Å². The summed E-state index contributed by atoms with van der Waals surface area (Å²) in [7, 11) is 0. The van der Waals surface area contributed by atoms with Gasteiger partial charge in [-0.2, -0.15) is 0 Å². The molecule has 1 aliphatic carbocycles. The molecule has 1 saturated heterocycles. The summed E-state index contributed by atoms with van der Waals surface area (Å²) in [5, 5.41) is 3.52. The number of rotatable bonds is 7. The molecule has 2 fully saturated rings. The molecule has 2 unspecified atom stereocenters. The zero-order valence-corrected chi connectivity index (χ0v) is 19.9. The van der Waals surface area contributed by atoms with Gasteiger partial charge in [-0.15, -0.1) is 0 Å². The van der Waals surface area contributed by atoms with Crippen molar-refractivity contribution in [2.45, 2.75) is 39.0 Å². The predicted molar refractivity (Wildman–Crippen MR) is 132 cm³/mol. The van der Waals surface area contributed by atoms with Gasteiger partial charge in [0, 0.05) is 25.0 Å². The molecule has 0 radical (unpaired) electrons. The molecule has 1 saturated carbocycles. The molecule has 2 aromatic heterocycles. The second-order valence-corrected chi connectivity index (χ2v) is 9.58. The maximum atomic E-state index is 12.8. The normalized spacial score (nSPS) is 20.1. The summed E-state index contributed by atoms with van der Waals surface area (Å²) >= 11 is 6.12. The Balaban J connectivity index is 1.14. The number of fused-ring (bicyclic) bond motifs is 2. The molecule has 0 bridgehead atoms. The first-order valence-electron chi connectivity index (χ1n) is 12.0. The lowest BCUT2D eigenvalue weighted by Gasteiger charge is -2.22. The number of imidazole rings is 1. The van der Waals surface area contributed by atoms with Crippen molar-refractivity contribution in [3.63, 3.8) is 0 Å². The maximum Gasteiger partial charge on any atom is 0.270 e. The van der Waals surface area contributed by atoms with Crippen LogP contribution in [0, 0.1) is 11.8 Å². The van der Waals surface area contributed by atoms with E-state index in [1.165, 1.54) is 44.5 Å². The number of pyridine rings is 1. The topological polar surface area (TPSA) is 58.9 Å². The van der Waals surface area contributed by atoms with E-state index in [9.17, 15) is 4.79 Å². The number of ether oxygens (including phenoxy) is 1. The standard InChI is InChI=1S/C26H31ClN4O2/c1-2-23-25(31-17-20(27)7-12-24(31)29-23)26(32)28-13-14-33-22-10-8-21(9-11-22)30-15-18-5-3-4-6-19(18)16-30/h7-12,17-19H,2-6,13-16H2,1H3,(H,28,32). The maximum absolute atomic E-state index is 12.8. The van der Waals surface area contributed by atoms with E-state index in [-0.39, 0.29) is 5.91 Å². The Kier molecular flexibility index (Phi) is 6.45. The molecule has 2 aliphatic rings. The van der Waals surface area contributed by atoms with Crippen LogP contribution in [0.1, 0.15) is 48.8 Å². The van der Waals surface area contributed by atoms with E-state index in [0.29, 0.717) is 30.3 Å². The van der Waals surface area contributed by atoms with Crippen LogP contribution in [0.25, 0.3) is 5.65 Å². The van der Waals surface area contributed by atoms with Crippen molar-refractivity contribution in [2.75, 3.05) is 31.1 Å². The van der Waals surface area contributed by atoms with Gasteiger partial charge in [0.05, 0.1) is 17.3 Å². The largest absolute Gasteiger partial charge is 0.492 e. The lowest BCUT2D eigenvalue weighted by atomic mass is 9.82. The van der Waals surface area contributed by atoms with Crippen LogP contribution >= 0.6 is 11.6 Å². The van der Waals surface area contributed by atoms with Gasteiger partial charge >= 0.3 is 0 Å². The Bertz CT molecular complexity index is 1110. The van der Waals surface area contributed by atoms with Gasteiger partial charge in [-0.3, -0.25) is 9.20 Å². The van der Waals surface area contributed by atoms with Crippen LogP contribution in [0.3, 0.4) is 0 Å². The molecular formula is C26H31ClN4O2. The molecule has 0 spiro atoms. The third-order valence-corrected chi connectivity index (χ3v) is 7.26. The van der Waals surface area contributed by atoms with E-state index in [2.05, 4.69) is 27.3 Å². The first-order chi connectivity index (χ1) is 16.1. The number of amides is 1. The van der Waals surface area contributed by atoms with Gasteiger partial charge in [-0.1, -0.05) is 31.4 Å². The molecule has 1 N–H and O–H groups in total. The lowest BCUT2D eigenvalue weighted by Crippen LogP contribution is -2.29. The van der Waals surface area contributed by atoms with Crippen molar-refractivity contribution >= 4 is 28.8 Å². The zero-order chi connectivity index (χ0) is 22.8. The first kappa shape index (κ1) is 22.1. The fourth-order valence-electron chi connectivity index (χ4n) is 5.34. The number of hydrogen-bond donors (Lipinski definition) is 1. The van der Waals surface area contributed by atoms with Crippen molar-refractivity contribution in [3.05, 3.63) is 59.0 Å². The van der Waals surface area contributed by atoms with Crippen LogP contribution < -0.4 is 15.0 Å². The number of aromatic nitrogens is 2. The highest BCUT2D eigenvalue weighted by Gasteiger charge is 2.34. The second-order valence-electron chi connectivity index (χ2n) is 9.14. The van der Waals surface area contributed by atoms with Crippen molar-refractivity contribution in [1.29, 1.82) is 0 Å². The monoisotopic (exact) mass is 466 g/mol. The number of carbonyl (C=O) groups is 1. The molecule has 2 atom stereocenters. The van der Waals surface area contributed by atoms with E-state index < -0.39 is 0 Å². The van der Waals surface area contributed by atoms with E-state index in [1.807, 2.05) is 25.1 Å². The Morgan fingerprint density at radius 3 is 2.55 bits per heavy atom. The van der Waals surface area contributed by atoms with Crippen molar-refractivity contribution in [1.82, 2.24) is 14.7 Å². The number of nitrogens with zero attached hydrogens (tertiary/aromatic N) is 3. The zero-order valence-electron chi connectivity index (χ0n) is 19.1. The molecule has 1 aromatic carbocycles. The summed E-state index contributed by atoms with van der Waals surface area (Å²) in [4.78, 5) is 19.9. The third-order valence-electron chi connectivity index (χ3n) is 7.04. The first-order valence-corrected chi connectivity index (χ1v) is 12.4. The van der Waals surface area contributed by atoms with E-state index >= 15 is 0 Å². The highest BCUT2D eigenvalue weighted by atomic mass is 35.5. The summed E-state index contributed by atoms with van der Waals surface area (Å²) in [6, 6.07) is 12.0. The molecule has 3 heterocycles. The van der Waals surface area contributed by atoms with Crippen LogP contribution in [0.5, 0.6) is 5.75 Å². The Morgan fingerprint density at radius 1 is 1.12 bits per heavy atom. The number of hydrogen-bond acceptors (Lipinski definition) is 4. The number of carbonyl (C=O) groups excluding carboxylic acids is 1. The van der Waals surface area contributed by atoms with Gasteiger partial charge in [0.1, 0.15) is 23.7 Å². The number of nitrogens with one attached hydrogen (secondary N) is 1. The molecule has 33 heavy (non-hydrogen) atoms. The Labute approximate surface area is 199 Å². The Morgan fingerprint density at radius 2 is 1.85 bits per heavy atom. The summed E-state index contributed by atoms with van der Waals surface area (Å²) in [6.45, 7) is 5.17. The van der Waals surface area contributed by atoms with Gasteiger partial charge in [-0.05, 0) is 67.5 Å². The van der Waals surface area contributed by atoms with Crippen molar-refractivity contribution in [2.24, 2.45) is 11.8 Å². The summed E-state index contributed by atoms with van der Waals surface area (Å²) in [6.07, 6.45) is 7.95. The molecule has 1 amide bonds. The SMILES string of the molecule is CCc1nc2ccc(Cl)cn2c1C(=O)NCCOc1ccc(N2CC3CCCCC3C2)cc1. The van der Waals surface area contributed by atoms with Crippen LogP contribution in [-0.4, -0.2) is 41.5 Å². The fraction of sp³-hybridized carbons (Fsp3) is 0.462.